The lowest BCUT2D eigenvalue weighted by Gasteiger charge is -2.09. The van der Waals surface area contributed by atoms with Crippen molar-refractivity contribution >= 4 is 0 Å². The fraction of sp³-hybridized carbons (Fsp3) is 0.182. The zero-order valence-electron chi connectivity index (χ0n) is 7.85. The molecule has 0 unspecified atom stereocenters. The highest BCUT2D eigenvalue weighted by molar-refractivity contribution is 5.19. The largest absolute Gasteiger partial charge is 0.349 e. The monoisotopic (exact) mass is 187 g/mol. The summed E-state index contributed by atoms with van der Waals surface area (Å²) >= 11 is 0. The molecule has 1 aromatic heterocycles. The molecule has 2 aromatic rings. The first-order chi connectivity index (χ1) is 6.86. The SMILES string of the molecule is N[C@@H](Cc1ncc[nH]1)c1ccccc1. The van der Waals surface area contributed by atoms with E-state index in [2.05, 4.69) is 9.97 Å². The van der Waals surface area contributed by atoms with E-state index in [0.717, 1.165) is 17.8 Å². The Balaban J connectivity index is 2.07. The van der Waals surface area contributed by atoms with Gasteiger partial charge in [-0.15, -0.1) is 0 Å². The summed E-state index contributed by atoms with van der Waals surface area (Å²) in [5.74, 6) is 0.932. The summed E-state index contributed by atoms with van der Waals surface area (Å²) in [7, 11) is 0. The Morgan fingerprint density at radius 1 is 1.29 bits per heavy atom. The van der Waals surface area contributed by atoms with E-state index in [1.54, 1.807) is 6.20 Å². The minimum Gasteiger partial charge on any atom is -0.349 e. The molecule has 0 saturated heterocycles. The summed E-state index contributed by atoms with van der Waals surface area (Å²) in [5.41, 5.74) is 7.17. The summed E-state index contributed by atoms with van der Waals surface area (Å²) in [5, 5.41) is 0. The summed E-state index contributed by atoms with van der Waals surface area (Å²) < 4.78 is 0. The molecule has 3 nitrogen and oxygen atoms in total. The molecule has 0 bridgehead atoms. The molecule has 3 N–H and O–H groups in total. The van der Waals surface area contributed by atoms with E-state index < -0.39 is 0 Å². The van der Waals surface area contributed by atoms with Crippen LogP contribution >= 0.6 is 0 Å². The Hall–Kier alpha value is -1.61. The number of imidazole rings is 1. The number of aromatic amines is 1. The number of H-pyrrole nitrogens is 1. The summed E-state index contributed by atoms with van der Waals surface area (Å²) in [6.45, 7) is 0. The van der Waals surface area contributed by atoms with E-state index in [1.807, 2.05) is 36.5 Å². The van der Waals surface area contributed by atoms with Gasteiger partial charge in [0.1, 0.15) is 5.82 Å². The maximum atomic E-state index is 6.03. The van der Waals surface area contributed by atoms with Crippen molar-refractivity contribution in [3.8, 4) is 0 Å². The van der Waals surface area contributed by atoms with Gasteiger partial charge >= 0.3 is 0 Å². The molecule has 0 aliphatic carbocycles. The summed E-state index contributed by atoms with van der Waals surface area (Å²) in [6, 6.07) is 10.1. The topological polar surface area (TPSA) is 54.7 Å². The van der Waals surface area contributed by atoms with Gasteiger partial charge in [0.05, 0.1) is 0 Å². The van der Waals surface area contributed by atoms with Crippen LogP contribution in [0.5, 0.6) is 0 Å². The molecule has 1 aromatic carbocycles. The van der Waals surface area contributed by atoms with Gasteiger partial charge in [-0.25, -0.2) is 4.98 Å². The first-order valence-electron chi connectivity index (χ1n) is 4.65. The third-order valence-corrected chi connectivity index (χ3v) is 2.20. The smallest absolute Gasteiger partial charge is 0.107 e. The average molecular weight is 187 g/mol. The minimum absolute atomic E-state index is 0.0161. The number of hydrogen-bond donors (Lipinski definition) is 2. The normalized spacial score (nSPS) is 12.6. The second-order valence-electron chi connectivity index (χ2n) is 3.26. The predicted octanol–water partition coefficient (Wildman–Crippen LogP) is 1.65. The molecule has 0 saturated carbocycles. The Morgan fingerprint density at radius 3 is 2.71 bits per heavy atom. The van der Waals surface area contributed by atoms with Gasteiger partial charge in [0, 0.05) is 24.9 Å². The molecule has 0 fully saturated rings. The molecular formula is C11H13N3. The van der Waals surface area contributed by atoms with Crippen molar-refractivity contribution in [2.24, 2.45) is 5.73 Å². The van der Waals surface area contributed by atoms with Crippen LogP contribution in [0.15, 0.2) is 42.7 Å². The predicted molar refractivity (Wildman–Crippen MR) is 55.7 cm³/mol. The Bertz CT molecular complexity index is 367. The van der Waals surface area contributed by atoms with Crippen molar-refractivity contribution in [1.82, 2.24) is 9.97 Å². The number of aromatic nitrogens is 2. The summed E-state index contributed by atoms with van der Waals surface area (Å²) in [6.07, 6.45) is 4.30. The van der Waals surface area contributed by atoms with Gasteiger partial charge in [-0.1, -0.05) is 30.3 Å². The van der Waals surface area contributed by atoms with Crippen LogP contribution in [0, 0.1) is 0 Å². The van der Waals surface area contributed by atoms with Crippen molar-refractivity contribution in [2.45, 2.75) is 12.5 Å². The maximum absolute atomic E-state index is 6.03. The standard InChI is InChI=1S/C11H13N3/c12-10(8-11-13-6-7-14-11)9-4-2-1-3-5-9/h1-7,10H,8,12H2,(H,13,14)/t10-/m0/s1. The van der Waals surface area contributed by atoms with Crippen molar-refractivity contribution in [2.75, 3.05) is 0 Å². The van der Waals surface area contributed by atoms with Gasteiger partial charge in [0.2, 0.25) is 0 Å². The molecular weight excluding hydrogens is 174 g/mol. The van der Waals surface area contributed by atoms with Crippen LogP contribution in [0.3, 0.4) is 0 Å². The fourth-order valence-electron chi connectivity index (χ4n) is 1.44. The number of hydrogen-bond acceptors (Lipinski definition) is 2. The van der Waals surface area contributed by atoms with Crippen LogP contribution in [0.1, 0.15) is 17.4 Å². The first-order valence-corrected chi connectivity index (χ1v) is 4.65. The van der Waals surface area contributed by atoms with Gasteiger partial charge in [-0.2, -0.15) is 0 Å². The average Bonchev–Trinajstić information content (AvgIpc) is 2.72. The van der Waals surface area contributed by atoms with Gasteiger partial charge in [-0.05, 0) is 5.56 Å². The number of rotatable bonds is 3. The van der Waals surface area contributed by atoms with Crippen molar-refractivity contribution in [1.29, 1.82) is 0 Å². The molecule has 0 spiro atoms. The first kappa shape index (κ1) is 8.97. The molecule has 72 valence electrons. The van der Waals surface area contributed by atoms with Gasteiger partial charge in [0.15, 0.2) is 0 Å². The van der Waals surface area contributed by atoms with E-state index in [1.165, 1.54) is 0 Å². The van der Waals surface area contributed by atoms with Crippen LogP contribution in [0.4, 0.5) is 0 Å². The third kappa shape index (κ3) is 2.00. The number of benzene rings is 1. The summed E-state index contributed by atoms with van der Waals surface area (Å²) in [4.78, 5) is 7.19. The highest BCUT2D eigenvalue weighted by Crippen LogP contribution is 2.12. The van der Waals surface area contributed by atoms with Crippen molar-refractivity contribution < 1.29 is 0 Å². The van der Waals surface area contributed by atoms with Crippen LogP contribution in [0.2, 0.25) is 0 Å². The molecule has 14 heavy (non-hydrogen) atoms. The lowest BCUT2D eigenvalue weighted by atomic mass is 10.0. The quantitative estimate of drug-likeness (QED) is 0.767. The van der Waals surface area contributed by atoms with Crippen molar-refractivity contribution in [3.05, 3.63) is 54.1 Å². The number of nitrogens with zero attached hydrogens (tertiary/aromatic N) is 1. The van der Waals surface area contributed by atoms with E-state index in [4.69, 9.17) is 5.73 Å². The third-order valence-electron chi connectivity index (χ3n) is 2.20. The molecule has 0 radical (unpaired) electrons. The van der Waals surface area contributed by atoms with Gasteiger partial charge in [0.25, 0.3) is 0 Å². The highest BCUT2D eigenvalue weighted by Gasteiger charge is 2.07. The van der Waals surface area contributed by atoms with Crippen LogP contribution in [0.25, 0.3) is 0 Å². The molecule has 0 amide bonds. The van der Waals surface area contributed by atoms with E-state index in [9.17, 15) is 0 Å². The number of nitrogens with two attached hydrogens (primary N) is 1. The Labute approximate surface area is 83.0 Å². The molecule has 1 heterocycles. The number of nitrogens with one attached hydrogen (secondary N) is 1. The maximum Gasteiger partial charge on any atom is 0.107 e. The molecule has 0 aliphatic heterocycles. The van der Waals surface area contributed by atoms with Crippen LogP contribution in [-0.2, 0) is 6.42 Å². The zero-order chi connectivity index (χ0) is 9.80. The highest BCUT2D eigenvalue weighted by atomic mass is 14.9. The second-order valence-corrected chi connectivity index (χ2v) is 3.26. The molecule has 2 rings (SSSR count). The second kappa shape index (κ2) is 4.07. The lowest BCUT2D eigenvalue weighted by Crippen LogP contribution is -2.13. The van der Waals surface area contributed by atoms with Crippen LogP contribution in [-0.4, -0.2) is 9.97 Å². The minimum atomic E-state index is 0.0161. The van der Waals surface area contributed by atoms with Gasteiger partial charge in [-0.3, -0.25) is 0 Å². The van der Waals surface area contributed by atoms with Crippen molar-refractivity contribution in [3.63, 3.8) is 0 Å². The molecule has 3 heteroatoms. The fourth-order valence-corrected chi connectivity index (χ4v) is 1.44. The van der Waals surface area contributed by atoms with Gasteiger partial charge < -0.3 is 10.7 Å². The lowest BCUT2D eigenvalue weighted by molar-refractivity contribution is 0.694. The Kier molecular flexibility index (Phi) is 2.60. The Morgan fingerprint density at radius 2 is 2.07 bits per heavy atom. The zero-order valence-corrected chi connectivity index (χ0v) is 7.85. The van der Waals surface area contributed by atoms with E-state index >= 15 is 0 Å². The van der Waals surface area contributed by atoms with E-state index in [0.29, 0.717) is 0 Å². The van der Waals surface area contributed by atoms with E-state index in [-0.39, 0.29) is 6.04 Å². The van der Waals surface area contributed by atoms with Crippen LogP contribution < -0.4 is 5.73 Å². The molecule has 1 atom stereocenters. The molecule has 0 aliphatic rings.